The molecule has 0 aliphatic rings. The van der Waals surface area contributed by atoms with Gasteiger partial charge in [-0.05, 0) is 36.8 Å². The number of nitro benzene ring substituents is 1. The van der Waals surface area contributed by atoms with Gasteiger partial charge in [0.2, 0.25) is 11.7 Å². The molecule has 1 N–H and O–H groups in total. The standard InChI is InChI=1S/C18H15FN4O5/c19-13-6-5-12(11-15(13)23(26)27)20-17(24)4-1-9-22-18(25)8-7-14(21-22)16-3-2-10-28-16/h2-3,5-8,10-11H,1,4,9H2,(H,20,24). The van der Waals surface area contributed by atoms with E-state index >= 15 is 0 Å². The summed E-state index contributed by atoms with van der Waals surface area (Å²) in [5, 5.41) is 17.4. The number of nitro groups is 1. The lowest BCUT2D eigenvalue weighted by atomic mass is 10.2. The highest BCUT2D eigenvalue weighted by molar-refractivity contribution is 5.90. The van der Waals surface area contributed by atoms with Gasteiger partial charge >= 0.3 is 5.69 Å². The van der Waals surface area contributed by atoms with Crippen LogP contribution in [0.3, 0.4) is 0 Å². The molecule has 0 radical (unpaired) electrons. The largest absolute Gasteiger partial charge is 0.463 e. The minimum absolute atomic E-state index is 0.0459. The maximum atomic E-state index is 13.3. The summed E-state index contributed by atoms with van der Waals surface area (Å²) in [6.07, 6.45) is 1.85. The number of aromatic nitrogens is 2. The Labute approximate surface area is 157 Å². The number of aryl methyl sites for hydroxylation is 1. The fourth-order valence-corrected chi connectivity index (χ4v) is 2.51. The Morgan fingerprint density at radius 3 is 2.82 bits per heavy atom. The SMILES string of the molecule is O=C(CCCn1nc(-c2ccco2)ccc1=O)Nc1ccc(F)c([N+](=O)[O-])c1. The smallest absolute Gasteiger partial charge is 0.306 e. The number of rotatable bonds is 7. The van der Waals surface area contributed by atoms with E-state index in [2.05, 4.69) is 10.4 Å². The van der Waals surface area contributed by atoms with E-state index in [-0.39, 0.29) is 24.2 Å². The minimum Gasteiger partial charge on any atom is -0.463 e. The number of carbonyl (C=O) groups excluding carboxylic acids is 1. The highest BCUT2D eigenvalue weighted by Gasteiger charge is 2.15. The molecule has 0 atom stereocenters. The van der Waals surface area contributed by atoms with Crippen molar-refractivity contribution in [3.63, 3.8) is 0 Å². The summed E-state index contributed by atoms with van der Waals surface area (Å²) >= 11 is 0. The minimum atomic E-state index is -0.982. The van der Waals surface area contributed by atoms with Crippen molar-refractivity contribution in [1.82, 2.24) is 9.78 Å². The van der Waals surface area contributed by atoms with Crippen molar-refractivity contribution in [3.8, 4) is 11.5 Å². The van der Waals surface area contributed by atoms with E-state index in [1.807, 2.05) is 0 Å². The monoisotopic (exact) mass is 386 g/mol. The fraction of sp³-hybridized carbons (Fsp3) is 0.167. The van der Waals surface area contributed by atoms with E-state index in [0.29, 0.717) is 17.9 Å². The third kappa shape index (κ3) is 4.47. The molecule has 0 aliphatic carbocycles. The maximum absolute atomic E-state index is 13.3. The van der Waals surface area contributed by atoms with E-state index < -0.39 is 22.3 Å². The number of anilines is 1. The molecular weight excluding hydrogens is 371 g/mol. The average Bonchev–Trinajstić information content (AvgIpc) is 3.19. The van der Waals surface area contributed by atoms with Crippen LogP contribution in [-0.4, -0.2) is 20.6 Å². The van der Waals surface area contributed by atoms with Crippen molar-refractivity contribution in [3.05, 3.63) is 75.0 Å². The molecule has 9 nitrogen and oxygen atoms in total. The Hall–Kier alpha value is -3.82. The van der Waals surface area contributed by atoms with Crippen LogP contribution in [0.25, 0.3) is 11.5 Å². The summed E-state index contributed by atoms with van der Waals surface area (Å²) < 4.78 is 19.8. The van der Waals surface area contributed by atoms with Crippen molar-refractivity contribution in [2.75, 3.05) is 5.32 Å². The van der Waals surface area contributed by atoms with Crippen molar-refractivity contribution < 1.29 is 18.5 Å². The van der Waals surface area contributed by atoms with Crippen LogP contribution in [0.5, 0.6) is 0 Å². The van der Waals surface area contributed by atoms with Crippen molar-refractivity contribution in [2.45, 2.75) is 19.4 Å². The first-order valence-electron chi connectivity index (χ1n) is 8.30. The predicted molar refractivity (Wildman–Crippen MR) is 97.1 cm³/mol. The van der Waals surface area contributed by atoms with E-state index in [0.717, 1.165) is 12.1 Å². The lowest BCUT2D eigenvalue weighted by molar-refractivity contribution is -0.387. The van der Waals surface area contributed by atoms with Crippen LogP contribution >= 0.6 is 0 Å². The molecule has 10 heteroatoms. The van der Waals surface area contributed by atoms with Crippen LogP contribution < -0.4 is 10.9 Å². The molecule has 1 amide bonds. The number of nitrogens with zero attached hydrogens (tertiary/aromatic N) is 3. The van der Waals surface area contributed by atoms with E-state index in [4.69, 9.17) is 4.42 Å². The predicted octanol–water partition coefficient (Wildman–Crippen LogP) is 2.97. The molecule has 2 heterocycles. The van der Waals surface area contributed by atoms with Gasteiger partial charge in [0.1, 0.15) is 5.69 Å². The van der Waals surface area contributed by atoms with Gasteiger partial charge in [-0.25, -0.2) is 4.68 Å². The molecule has 0 saturated heterocycles. The number of furan rings is 1. The first-order chi connectivity index (χ1) is 13.4. The second-order valence-corrected chi connectivity index (χ2v) is 5.83. The summed E-state index contributed by atoms with van der Waals surface area (Å²) in [5.41, 5.74) is -0.422. The van der Waals surface area contributed by atoms with Crippen LogP contribution in [0.4, 0.5) is 15.8 Å². The Morgan fingerprint density at radius 1 is 1.29 bits per heavy atom. The van der Waals surface area contributed by atoms with Crippen LogP contribution in [0.1, 0.15) is 12.8 Å². The molecule has 0 spiro atoms. The first kappa shape index (κ1) is 19.0. The number of carbonyl (C=O) groups is 1. The van der Waals surface area contributed by atoms with Crippen LogP contribution in [0, 0.1) is 15.9 Å². The summed E-state index contributed by atoms with van der Waals surface area (Å²) in [6.45, 7) is 0.199. The number of amides is 1. The number of nitrogens with one attached hydrogen (secondary N) is 1. The highest BCUT2D eigenvalue weighted by atomic mass is 19.1. The normalized spacial score (nSPS) is 10.6. The summed E-state index contributed by atoms with van der Waals surface area (Å²) in [5.74, 6) is -0.884. The molecule has 0 aliphatic heterocycles. The molecule has 3 rings (SSSR count). The third-order valence-electron chi connectivity index (χ3n) is 3.84. The fourth-order valence-electron chi connectivity index (χ4n) is 2.51. The number of benzene rings is 1. The zero-order chi connectivity index (χ0) is 20.1. The molecule has 144 valence electrons. The van der Waals surface area contributed by atoms with E-state index in [1.54, 1.807) is 18.2 Å². The Kier molecular flexibility index (Phi) is 5.58. The van der Waals surface area contributed by atoms with Gasteiger partial charge in [0.25, 0.3) is 5.56 Å². The van der Waals surface area contributed by atoms with Crippen molar-refractivity contribution >= 4 is 17.3 Å². The van der Waals surface area contributed by atoms with Gasteiger partial charge in [0.15, 0.2) is 5.76 Å². The summed E-state index contributed by atoms with van der Waals surface area (Å²) in [7, 11) is 0. The number of halogens is 1. The van der Waals surface area contributed by atoms with Crippen LogP contribution in [-0.2, 0) is 11.3 Å². The first-order valence-corrected chi connectivity index (χ1v) is 8.30. The average molecular weight is 386 g/mol. The van der Waals surface area contributed by atoms with Gasteiger partial charge in [-0.2, -0.15) is 9.49 Å². The molecule has 0 bridgehead atoms. The van der Waals surface area contributed by atoms with Gasteiger partial charge in [-0.15, -0.1) is 0 Å². The van der Waals surface area contributed by atoms with Gasteiger partial charge in [0, 0.05) is 30.8 Å². The highest BCUT2D eigenvalue weighted by Crippen LogP contribution is 2.21. The lowest BCUT2D eigenvalue weighted by Gasteiger charge is -2.07. The molecule has 0 unspecified atom stereocenters. The van der Waals surface area contributed by atoms with Crippen LogP contribution in [0.15, 0.2) is 57.9 Å². The van der Waals surface area contributed by atoms with Gasteiger partial charge in [-0.3, -0.25) is 19.7 Å². The van der Waals surface area contributed by atoms with Crippen molar-refractivity contribution in [1.29, 1.82) is 0 Å². The zero-order valence-electron chi connectivity index (χ0n) is 14.5. The van der Waals surface area contributed by atoms with E-state index in [9.17, 15) is 24.1 Å². The Balaban J connectivity index is 1.59. The van der Waals surface area contributed by atoms with Gasteiger partial charge in [-0.1, -0.05) is 0 Å². The van der Waals surface area contributed by atoms with Crippen LogP contribution in [0.2, 0.25) is 0 Å². The van der Waals surface area contributed by atoms with Crippen molar-refractivity contribution in [2.24, 2.45) is 0 Å². The second-order valence-electron chi connectivity index (χ2n) is 5.83. The zero-order valence-corrected chi connectivity index (χ0v) is 14.5. The number of hydrogen-bond acceptors (Lipinski definition) is 6. The Bertz CT molecular complexity index is 1060. The molecule has 1 aromatic carbocycles. The lowest BCUT2D eigenvalue weighted by Crippen LogP contribution is -2.23. The van der Waals surface area contributed by atoms with E-state index in [1.165, 1.54) is 23.1 Å². The maximum Gasteiger partial charge on any atom is 0.306 e. The van der Waals surface area contributed by atoms with Gasteiger partial charge in [0.05, 0.1) is 11.2 Å². The summed E-state index contributed by atoms with van der Waals surface area (Å²) in [4.78, 5) is 33.8. The quantitative estimate of drug-likeness (QED) is 0.492. The molecule has 2 aromatic heterocycles. The molecule has 28 heavy (non-hydrogen) atoms. The second kappa shape index (κ2) is 8.25. The Morgan fingerprint density at radius 2 is 2.11 bits per heavy atom. The molecular formula is C18H15FN4O5. The summed E-state index contributed by atoms with van der Waals surface area (Å²) in [6, 6.07) is 9.43. The van der Waals surface area contributed by atoms with Gasteiger partial charge < -0.3 is 9.73 Å². The molecule has 3 aromatic rings. The number of hydrogen-bond donors (Lipinski definition) is 1. The molecule has 0 fully saturated rings. The third-order valence-corrected chi connectivity index (χ3v) is 3.84. The topological polar surface area (TPSA) is 120 Å². The molecule has 0 saturated carbocycles.